The molecule has 0 saturated carbocycles. The first kappa shape index (κ1) is 12.0. The van der Waals surface area contributed by atoms with E-state index < -0.39 is 0 Å². The summed E-state index contributed by atoms with van der Waals surface area (Å²) in [5, 5.41) is 2.08. The molecule has 5 heteroatoms. The minimum Gasteiger partial charge on any atom is -0.339 e. The van der Waals surface area contributed by atoms with Crippen LogP contribution in [0.15, 0.2) is 29.9 Å². The molecule has 4 nitrogen and oxygen atoms in total. The van der Waals surface area contributed by atoms with E-state index in [9.17, 15) is 0 Å². The van der Waals surface area contributed by atoms with Gasteiger partial charge in [-0.25, -0.2) is 9.97 Å². The van der Waals surface area contributed by atoms with Crippen molar-refractivity contribution in [3.63, 3.8) is 0 Å². The van der Waals surface area contributed by atoms with Gasteiger partial charge in [0.25, 0.3) is 0 Å². The fraction of sp³-hybridized carbons (Fsp3) is 0.333. The summed E-state index contributed by atoms with van der Waals surface area (Å²) < 4.78 is 0. The molecule has 0 aliphatic carbocycles. The SMILES string of the molecule is CN(Cc1cccs1)c1ncc(CCN)cn1. The minimum atomic E-state index is 0.633. The van der Waals surface area contributed by atoms with Crippen molar-refractivity contribution in [3.05, 3.63) is 40.3 Å². The van der Waals surface area contributed by atoms with Crippen molar-refractivity contribution in [2.45, 2.75) is 13.0 Å². The highest BCUT2D eigenvalue weighted by Gasteiger charge is 2.05. The van der Waals surface area contributed by atoms with Crippen molar-refractivity contribution in [1.82, 2.24) is 9.97 Å². The van der Waals surface area contributed by atoms with E-state index in [1.165, 1.54) is 4.88 Å². The molecule has 0 amide bonds. The highest BCUT2D eigenvalue weighted by molar-refractivity contribution is 7.09. The first-order valence-electron chi connectivity index (χ1n) is 5.54. The van der Waals surface area contributed by atoms with Crippen LogP contribution in [0.1, 0.15) is 10.4 Å². The average Bonchev–Trinajstić information content (AvgIpc) is 2.83. The molecule has 0 fully saturated rings. The number of anilines is 1. The number of hydrogen-bond acceptors (Lipinski definition) is 5. The fourth-order valence-corrected chi connectivity index (χ4v) is 2.31. The van der Waals surface area contributed by atoms with Crippen LogP contribution >= 0.6 is 11.3 Å². The molecular weight excluding hydrogens is 232 g/mol. The van der Waals surface area contributed by atoms with E-state index in [0.29, 0.717) is 6.54 Å². The van der Waals surface area contributed by atoms with Crippen LogP contribution in [-0.2, 0) is 13.0 Å². The molecule has 17 heavy (non-hydrogen) atoms. The summed E-state index contributed by atoms with van der Waals surface area (Å²) in [5.41, 5.74) is 6.57. The third-order valence-corrected chi connectivity index (χ3v) is 3.30. The van der Waals surface area contributed by atoms with Gasteiger partial charge in [-0.3, -0.25) is 0 Å². The van der Waals surface area contributed by atoms with Crippen LogP contribution in [-0.4, -0.2) is 23.6 Å². The van der Waals surface area contributed by atoms with Crippen molar-refractivity contribution < 1.29 is 0 Å². The number of thiophene rings is 1. The lowest BCUT2D eigenvalue weighted by Crippen LogP contribution is -2.18. The standard InChI is InChI=1S/C12H16N4S/c1-16(9-11-3-2-6-17-11)12-14-7-10(4-5-13)8-15-12/h2-3,6-8H,4-5,9,13H2,1H3. The van der Waals surface area contributed by atoms with Crippen molar-refractivity contribution >= 4 is 17.3 Å². The Morgan fingerprint density at radius 1 is 1.35 bits per heavy atom. The Balaban J connectivity index is 2.01. The lowest BCUT2D eigenvalue weighted by molar-refractivity contribution is 0.862. The van der Waals surface area contributed by atoms with Gasteiger partial charge in [-0.15, -0.1) is 11.3 Å². The monoisotopic (exact) mass is 248 g/mol. The van der Waals surface area contributed by atoms with E-state index in [4.69, 9.17) is 5.73 Å². The molecule has 2 aromatic rings. The molecule has 2 heterocycles. The quantitative estimate of drug-likeness (QED) is 0.874. The first-order valence-corrected chi connectivity index (χ1v) is 6.42. The number of nitrogens with two attached hydrogens (primary N) is 1. The minimum absolute atomic E-state index is 0.633. The van der Waals surface area contributed by atoms with Crippen LogP contribution in [0.3, 0.4) is 0 Å². The molecule has 2 aromatic heterocycles. The molecule has 0 spiro atoms. The molecule has 0 saturated heterocycles. The molecule has 90 valence electrons. The Morgan fingerprint density at radius 2 is 2.12 bits per heavy atom. The maximum atomic E-state index is 5.48. The maximum Gasteiger partial charge on any atom is 0.225 e. The van der Waals surface area contributed by atoms with Crippen LogP contribution in [0.25, 0.3) is 0 Å². The third-order valence-electron chi connectivity index (χ3n) is 2.44. The van der Waals surface area contributed by atoms with Gasteiger partial charge < -0.3 is 10.6 Å². The van der Waals surface area contributed by atoms with Gasteiger partial charge >= 0.3 is 0 Å². The summed E-state index contributed by atoms with van der Waals surface area (Å²) in [7, 11) is 2.00. The topological polar surface area (TPSA) is 55.0 Å². The number of aromatic nitrogens is 2. The Kier molecular flexibility index (Phi) is 4.06. The predicted molar refractivity (Wildman–Crippen MR) is 71.2 cm³/mol. The Hall–Kier alpha value is -1.46. The zero-order valence-corrected chi connectivity index (χ0v) is 10.7. The van der Waals surface area contributed by atoms with Gasteiger partial charge in [0, 0.05) is 24.3 Å². The normalized spacial score (nSPS) is 10.5. The summed E-state index contributed by atoms with van der Waals surface area (Å²) in [6.07, 6.45) is 4.52. The van der Waals surface area contributed by atoms with Gasteiger partial charge in [-0.1, -0.05) is 6.07 Å². The average molecular weight is 248 g/mol. The second kappa shape index (κ2) is 5.75. The first-order chi connectivity index (χ1) is 8.29. The Morgan fingerprint density at radius 3 is 2.71 bits per heavy atom. The molecule has 0 aliphatic heterocycles. The van der Waals surface area contributed by atoms with Crippen molar-refractivity contribution in [2.24, 2.45) is 5.73 Å². The molecule has 0 aromatic carbocycles. The smallest absolute Gasteiger partial charge is 0.225 e. The highest BCUT2D eigenvalue weighted by atomic mass is 32.1. The zero-order valence-electron chi connectivity index (χ0n) is 9.84. The van der Waals surface area contributed by atoms with Crippen LogP contribution in [0.2, 0.25) is 0 Å². The maximum absolute atomic E-state index is 5.48. The molecule has 0 radical (unpaired) electrons. The summed E-state index contributed by atoms with van der Waals surface area (Å²) in [5.74, 6) is 0.749. The van der Waals surface area contributed by atoms with Gasteiger partial charge in [-0.05, 0) is 30.0 Å². The van der Waals surface area contributed by atoms with E-state index in [0.717, 1.165) is 24.5 Å². The van der Waals surface area contributed by atoms with Crippen LogP contribution in [0.5, 0.6) is 0 Å². The van der Waals surface area contributed by atoms with Crippen LogP contribution in [0.4, 0.5) is 5.95 Å². The Labute approximate surface area is 105 Å². The molecule has 2 N–H and O–H groups in total. The molecule has 0 unspecified atom stereocenters. The number of nitrogens with zero attached hydrogens (tertiary/aromatic N) is 3. The van der Waals surface area contributed by atoms with Gasteiger partial charge in [0.05, 0.1) is 6.54 Å². The highest BCUT2D eigenvalue weighted by Crippen LogP contribution is 2.14. The van der Waals surface area contributed by atoms with Gasteiger partial charge in [0.2, 0.25) is 5.95 Å². The third kappa shape index (κ3) is 3.25. The van der Waals surface area contributed by atoms with E-state index in [2.05, 4.69) is 27.5 Å². The zero-order chi connectivity index (χ0) is 12.1. The molecule has 0 aliphatic rings. The predicted octanol–water partition coefficient (Wildman–Crippen LogP) is 1.68. The number of hydrogen-bond donors (Lipinski definition) is 1. The van der Waals surface area contributed by atoms with Crippen LogP contribution in [0, 0.1) is 0 Å². The van der Waals surface area contributed by atoms with Crippen molar-refractivity contribution in [3.8, 4) is 0 Å². The summed E-state index contributed by atoms with van der Waals surface area (Å²) in [6.45, 7) is 1.47. The summed E-state index contributed by atoms with van der Waals surface area (Å²) in [4.78, 5) is 12.0. The lowest BCUT2D eigenvalue weighted by Gasteiger charge is -2.15. The van der Waals surface area contributed by atoms with E-state index in [1.54, 1.807) is 11.3 Å². The second-order valence-corrected chi connectivity index (χ2v) is 4.90. The van der Waals surface area contributed by atoms with Crippen LogP contribution < -0.4 is 10.6 Å². The van der Waals surface area contributed by atoms with Crippen molar-refractivity contribution in [1.29, 1.82) is 0 Å². The Bertz CT molecular complexity index is 438. The van der Waals surface area contributed by atoms with E-state index in [-0.39, 0.29) is 0 Å². The van der Waals surface area contributed by atoms with Crippen molar-refractivity contribution in [2.75, 3.05) is 18.5 Å². The van der Waals surface area contributed by atoms with Gasteiger partial charge in [0.1, 0.15) is 0 Å². The van der Waals surface area contributed by atoms with E-state index >= 15 is 0 Å². The molecular formula is C12H16N4S. The summed E-state index contributed by atoms with van der Waals surface area (Å²) in [6, 6.07) is 4.17. The van der Waals surface area contributed by atoms with Gasteiger partial charge in [-0.2, -0.15) is 0 Å². The lowest BCUT2D eigenvalue weighted by atomic mass is 10.2. The van der Waals surface area contributed by atoms with E-state index in [1.807, 2.05) is 24.3 Å². The second-order valence-electron chi connectivity index (χ2n) is 3.87. The molecule has 0 bridgehead atoms. The molecule has 0 atom stereocenters. The molecule has 2 rings (SSSR count). The fourth-order valence-electron chi connectivity index (χ4n) is 1.55. The number of rotatable bonds is 5. The largest absolute Gasteiger partial charge is 0.339 e. The summed E-state index contributed by atoms with van der Waals surface area (Å²) >= 11 is 1.74. The van der Waals surface area contributed by atoms with Gasteiger partial charge in [0.15, 0.2) is 0 Å².